The summed E-state index contributed by atoms with van der Waals surface area (Å²) < 4.78 is 4.67. The molecular weight excluding hydrogens is 291 g/mol. The molecule has 19 heavy (non-hydrogen) atoms. The van der Waals surface area contributed by atoms with Gasteiger partial charge in [-0.15, -0.1) is 0 Å². The van der Waals surface area contributed by atoms with E-state index in [1.165, 1.54) is 6.08 Å². The van der Waals surface area contributed by atoms with Crippen LogP contribution in [0.1, 0.15) is 5.56 Å². The van der Waals surface area contributed by atoms with E-state index in [4.69, 9.17) is 23.2 Å². The summed E-state index contributed by atoms with van der Waals surface area (Å²) in [4.78, 5) is 22.7. The Bertz CT molecular complexity index is 546. The normalized spacial score (nSPS) is 14.8. The van der Waals surface area contributed by atoms with Gasteiger partial charge in [-0.25, -0.2) is 9.80 Å². The molecule has 1 aliphatic rings. The number of rotatable bonds is 3. The molecule has 0 aromatic heterocycles. The molecule has 1 heterocycles. The highest BCUT2D eigenvalue weighted by Gasteiger charge is 2.22. The Labute approximate surface area is 119 Å². The number of nitrogens with zero attached hydrogens (tertiary/aromatic N) is 1. The minimum absolute atomic E-state index is 0.273. The fraction of sp³-hybridized carbons (Fsp3) is 0.167. The lowest BCUT2D eigenvalue weighted by molar-refractivity contribution is -0.119. The molecule has 0 radical (unpaired) electrons. The second kappa shape index (κ2) is 5.95. The first-order valence-corrected chi connectivity index (χ1v) is 6.20. The summed E-state index contributed by atoms with van der Waals surface area (Å²) in [6.07, 6.45) is 2.31. The van der Waals surface area contributed by atoms with E-state index in [1.807, 2.05) is 0 Å². The number of hydrogen-bond donors (Lipinski definition) is 1. The summed E-state index contributed by atoms with van der Waals surface area (Å²) in [6, 6.07) is 5.00. The third kappa shape index (κ3) is 3.62. The zero-order valence-electron chi connectivity index (χ0n) is 9.73. The van der Waals surface area contributed by atoms with E-state index < -0.39 is 12.0 Å². The molecule has 2 rings (SSSR count). The maximum absolute atomic E-state index is 11.6. The number of carbonyl (C=O) groups excluding carboxylic acids is 2. The second-order valence-corrected chi connectivity index (χ2v) is 4.56. The van der Waals surface area contributed by atoms with Gasteiger partial charge in [-0.1, -0.05) is 29.3 Å². The van der Waals surface area contributed by atoms with E-state index >= 15 is 0 Å². The smallest absolute Gasteiger partial charge is 0.428 e. The standard InChI is InChI=1S/C12H10Cl2N2O3/c13-9-3-1-8(7-10(9)14)2-4-11(17)15-16-5-6-19-12(16)18/h1-4,7H,5-6H2,(H,15,17)/b4-2+. The van der Waals surface area contributed by atoms with Crippen molar-refractivity contribution in [3.8, 4) is 0 Å². The van der Waals surface area contributed by atoms with Crippen LogP contribution in [0.5, 0.6) is 0 Å². The Kier molecular flexibility index (Phi) is 4.29. The summed E-state index contributed by atoms with van der Waals surface area (Å²) in [7, 11) is 0. The zero-order valence-corrected chi connectivity index (χ0v) is 11.2. The van der Waals surface area contributed by atoms with Gasteiger partial charge in [0.15, 0.2) is 0 Å². The van der Waals surface area contributed by atoms with Crippen LogP contribution in [-0.2, 0) is 9.53 Å². The highest BCUT2D eigenvalue weighted by molar-refractivity contribution is 6.42. The molecule has 7 heteroatoms. The fourth-order valence-electron chi connectivity index (χ4n) is 1.45. The van der Waals surface area contributed by atoms with Crippen molar-refractivity contribution < 1.29 is 14.3 Å². The lowest BCUT2D eigenvalue weighted by Crippen LogP contribution is -2.41. The van der Waals surface area contributed by atoms with Gasteiger partial charge in [0.1, 0.15) is 6.61 Å². The van der Waals surface area contributed by atoms with Gasteiger partial charge in [-0.05, 0) is 23.8 Å². The highest BCUT2D eigenvalue weighted by atomic mass is 35.5. The van der Waals surface area contributed by atoms with E-state index in [0.29, 0.717) is 16.6 Å². The predicted octanol–water partition coefficient (Wildman–Crippen LogP) is 2.49. The number of hydrogen-bond acceptors (Lipinski definition) is 3. The van der Waals surface area contributed by atoms with Crippen LogP contribution in [0, 0.1) is 0 Å². The van der Waals surface area contributed by atoms with Gasteiger partial charge in [0.2, 0.25) is 0 Å². The van der Waals surface area contributed by atoms with Crippen molar-refractivity contribution >= 4 is 41.3 Å². The molecule has 5 nitrogen and oxygen atoms in total. The molecule has 2 amide bonds. The molecule has 0 atom stereocenters. The quantitative estimate of drug-likeness (QED) is 0.873. The fourth-order valence-corrected chi connectivity index (χ4v) is 1.76. The van der Waals surface area contributed by atoms with Crippen molar-refractivity contribution in [1.82, 2.24) is 10.4 Å². The number of benzene rings is 1. The number of halogens is 2. The van der Waals surface area contributed by atoms with Gasteiger partial charge in [0.25, 0.3) is 5.91 Å². The topological polar surface area (TPSA) is 58.6 Å². The van der Waals surface area contributed by atoms with Crippen LogP contribution in [0.4, 0.5) is 4.79 Å². The number of hydrazine groups is 1. The molecule has 0 spiro atoms. The Balaban J connectivity index is 1.96. The number of carbonyl (C=O) groups is 2. The monoisotopic (exact) mass is 300 g/mol. The highest BCUT2D eigenvalue weighted by Crippen LogP contribution is 2.23. The van der Waals surface area contributed by atoms with Crippen LogP contribution in [0.15, 0.2) is 24.3 Å². The van der Waals surface area contributed by atoms with Gasteiger partial charge >= 0.3 is 6.09 Å². The van der Waals surface area contributed by atoms with Gasteiger partial charge < -0.3 is 4.74 Å². The second-order valence-electron chi connectivity index (χ2n) is 3.75. The third-order valence-corrected chi connectivity index (χ3v) is 3.12. The molecule has 0 unspecified atom stereocenters. The first kappa shape index (κ1) is 13.7. The SMILES string of the molecule is O=C(/C=C/c1ccc(Cl)c(Cl)c1)NN1CCOC1=O. The van der Waals surface area contributed by atoms with Gasteiger partial charge in [0, 0.05) is 6.08 Å². The van der Waals surface area contributed by atoms with E-state index in [-0.39, 0.29) is 6.61 Å². The lowest BCUT2D eigenvalue weighted by Gasteiger charge is -2.11. The molecule has 100 valence electrons. The van der Waals surface area contributed by atoms with Crippen molar-refractivity contribution in [3.05, 3.63) is 39.9 Å². The molecule has 0 saturated carbocycles. The van der Waals surface area contributed by atoms with Gasteiger partial charge in [-0.3, -0.25) is 10.2 Å². The van der Waals surface area contributed by atoms with Crippen molar-refractivity contribution in [1.29, 1.82) is 0 Å². The number of ether oxygens (including phenoxy) is 1. The van der Waals surface area contributed by atoms with Crippen molar-refractivity contribution in [3.63, 3.8) is 0 Å². The Morgan fingerprint density at radius 3 is 2.79 bits per heavy atom. The average Bonchev–Trinajstić information content (AvgIpc) is 2.77. The van der Waals surface area contributed by atoms with Crippen molar-refractivity contribution in [2.75, 3.05) is 13.2 Å². The summed E-state index contributed by atoms with van der Waals surface area (Å²) >= 11 is 11.6. The Morgan fingerprint density at radius 1 is 1.37 bits per heavy atom. The van der Waals surface area contributed by atoms with Gasteiger partial charge in [-0.2, -0.15) is 0 Å². The molecule has 1 N–H and O–H groups in total. The lowest BCUT2D eigenvalue weighted by atomic mass is 10.2. The molecule has 1 fully saturated rings. The van der Waals surface area contributed by atoms with Crippen LogP contribution in [0.3, 0.4) is 0 Å². The van der Waals surface area contributed by atoms with E-state index in [9.17, 15) is 9.59 Å². The third-order valence-electron chi connectivity index (χ3n) is 2.38. The van der Waals surface area contributed by atoms with E-state index in [0.717, 1.165) is 10.6 Å². The maximum Gasteiger partial charge on any atom is 0.428 e. The van der Waals surface area contributed by atoms with Crippen molar-refractivity contribution in [2.45, 2.75) is 0 Å². The molecule has 1 aliphatic heterocycles. The number of cyclic esters (lactones) is 1. The number of nitrogens with one attached hydrogen (secondary N) is 1. The van der Waals surface area contributed by atoms with Crippen LogP contribution in [0.2, 0.25) is 10.0 Å². The Morgan fingerprint density at radius 2 is 2.16 bits per heavy atom. The molecule has 0 bridgehead atoms. The summed E-state index contributed by atoms with van der Waals surface area (Å²) in [5.74, 6) is -0.426. The zero-order chi connectivity index (χ0) is 13.8. The average molecular weight is 301 g/mol. The van der Waals surface area contributed by atoms with E-state index in [1.54, 1.807) is 24.3 Å². The van der Waals surface area contributed by atoms with Gasteiger partial charge in [0.05, 0.1) is 16.6 Å². The molecular formula is C12H10Cl2N2O3. The summed E-state index contributed by atoms with van der Waals surface area (Å²) in [6.45, 7) is 0.612. The Hall–Kier alpha value is -1.72. The summed E-state index contributed by atoms with van der Waals surface area (Å²) in [5, 5.41) is 1.97. The van der Waals surface area contributed by atoms with E-state index in [2.05, 4.69) is 10.2 Å². The van der Waals surface area contributed by atoms with Crippen LogP contribution in [0.25, 0.3) is 6.08 Å². The molecule has 0 aliphatic carbocycles. The number of amides is 2. The van der Waals surface area contributed by atoms with Crippen LogP contribution in [-0.4, -0.2) is 30.2 Å². The molecule has 1 aromatic carbocycles. The largest absolute Gasteiger partial charge is 0.446 e. The molecule has 1 aromatic rings. The van der Waals surface area contributed by atoms with Crippen molar-refractivity contribution in [2.24, 2.45) is 0 Å². The molecule has 1 saturated heterocycles. The maximum atomic E-state index is 11.6. The minimum Gasteiger partial charge on any atom is -0.446 e. The predicted molar refractivity (Wildman–Crippen MR) is 71.7 cm³/mol. The van der Waals surface area contributed by atoms with Crippen LogP contribution >= 0.6 is 23.2 Å². The first-order valence-electron chi connectivity index (χ1n) is 5.44. The van der Waals surface area contributed by atoms with Crippen LogP contribution < -0.4 is 5.43 Å². The minimum atomic E-state index is -0.559. The first-order chi connectivity index (χ1) is 9.06. The summed E-state index contributed by atoms with van der Waals surface area (Å²) in [5.41, 5.74) is 3.13.